The Morgan fingerprint density at radius 2 is 2.48 bits per heavy atom. The number of urea groups is 1. The predicted octanol–water partition coefficient (Wildman–Crippen LogP) is 2.28. The van der Waals surface area contributed by atoms with E-state index in [1.165, 1.54) is 11.9 Å². The lowest BCUT2D eigenvalue weighted by Gasteiger charge is -2.24. The summed E-state index contributed by atoms with van der Waals surface area (Å²) in [5.41, 5.74) is 1.26. The fraction of sp³-hybridized carbons (Fsp3) is 0.500. The smallest absolute Gasteiger partial charge is 0.317 e. The van der Waals surface area contributed by atoms with Gasteiger partial charge >= 0.3 is 6.03 Å². The van der Waals surface area contributed by atoms with Crippen LogP contribution in [0.2, 0.25) is 0 Å². The maximum absolute atomic E-state index is 12.3. The van der Waals surface area contributed by atoms with Gasteiger partial charge in [0.25, 0.3) is 0 Å². The SMILES string of the molecule is O=C(NCCCn1cncn1)N1CCC[C@@H]1c1ccsc1. The molecule has 0 radical (unpaired) electrons. The topological polar surface area (TPSA) is 63.1 Å². The molecule has 0 spiro atoms. The van der Waals surface area contributed by atoms with E-state index in [0.717, 1.165) is 32.4 Å². The number of hydrogen-bond acceptors (Lipinski definition) is 4. The highest BCUT2D eigenvalue weighted by Crippen LogP contribution is 2.32. The Bertz CT molecular complexity index is 554. The van der Waals surface area contributed by atoms with Crippen molar-refractivity contribution in [3.63, 3.8) is 0 Å². The number of aryl methyl sites for hydroxylation is 1. The lowest BCUT2D eigenvalue weighted by atomic mass is 10.1. The molecular formula is C14H19N5OS. The summed E-state index contributed by atoms with van der Waals surface area (Å²) in [6, 6.07) is 2.40. The van der Waals surface area contributed by atoms with E-state index in [2.05, 4.69) is 32.2 Å². The molecule has 0 aliphatic carbocycles. The van der Waals surface area contributed by atoms with Crippen LogP contribution in [0.25, 0.3) is 0 Å². The Morgan fingerprint density at radius 3 is 3.24 bits per heavy atom. The van der Waals surface area contributed by atoms with Crippen molar-refractivity contribution in [2.75, 3.05) is 13.1 Å². The van der Waals surface area contributed by atoms with E-state index in [4.69, 9.17) is 0 Å². The van der Waals surface area contributed by atoms with Gasteiger partial charge in [-0.05, 0) is 41.7 Å². The summed E-state index contributed by atoms with van der Waals surface area (Å²) in [7, 11) is 0. The number of carbonyl (C=O) groups is 1. The summed E-state index contributed by atoms with van der Waals surface area (Å²) in [6.45, 7) is 2.27. The standard InChI is InChI=1S/C14H19N5OS/c20-14(16-5-2-6-18-11-15-10-17-18)19-7-1-3-13(19)12-4-8-21-9-12/h4,8-11,13H,1-3,5-7H2,(H,16,20)/t13-/m1/s1. The van der Waals surface area contributed by atoms with E-state index < -0.39 is 0 Å². The Kier molecular flexibility index (Phi) is 4.49. The first-order valence-electron chi connectivity index (χ1n) is 7.23. The van der Waals surface area contributed by atoms with E-state index in [1.807, 2.05) is 4.90 Å². The minimum Gasteiger partial charge on any atom is -0.338 e. The van der Waals surface area contributed by atoms with Crippen molar-refractivity contribution >= 4 is 17.4 Å². The summed E-state index contributed by atoms with van der Waals surface area (Å²) in [6.07, 6.45) is 6.20. The van der Waals surface area contributed by atoms with Crippen molar-refractivity contribution in [1.29, 1.82) is 0 Å². The summed E-state index contributed by atoms with van der Waals surface area (Å²) in [5, 5.41) is 11.3. The normalized spacial score (nSPS) is 18.1. The zero-order chi connectivity index (χ0) is 14.5. The minimum absolute atomic E-state index is 0.0438. The molecule has 0 bridgehead atoms. The second-order valence-corrected chi connectivity index (χ2v) is 5.93. The number of nitrogens with one attached hydrogen (secondary N) is 1. The van der Waals surface area contributed by atoms with Crippen LogP contribution < -0.4 is 5.32 Å². The van der Waals surface area contributed by atoms with Crippen LogP contribution >= 0.6 is 11.3 Å². The van der Waals surface area contributed by atoms with Crippen molar-refractivity contribution in [3.05, 3.63) is 35.0 Å². The van der Waals surface area contributed by atoms with Crippen LogP contribution in [0.4, 0.5) is 4.79 Å². The second-order valence-electron chi connectivity index (χ2n) is 5.15. The van der Waals surface area contributed by atoms with Crippen molar-refractivity contribution in [3.8, 4) is 0 Å². The molecule has 1 fully saturated rings. The van der Waals surface area contributed by atoms with Crippen LogP contribution in [-0.2, 0) is 6.54 Å². The molecule has 1 atom stereocenters. The quantitative estimate of drug-likeness (QED) is 0.862. The molecule has 3 rings (SSSR count). The first kappa shape index (κ1) is 14.1. The van der Waals surface area contributed by atoms with Gasteiger partial charge in [-0.2, -0.15) is 16.4 Å². The molecule has 21 heavy (non-hydrogen) atoms. The number of rotatable bonds is 5. The van der Waals surface area contributed by atoms with Gasteiger partial charge in [-0.1, -0.05) is 0 Å². The second kappa shape index (κ2) is 6.71. The maximum atomic E-state index is 12.3. The Labute approximate surface area is 127 Å². The first-order valence-corrected chi connectivity index (χ1v) is 8.18. The Hall–Kier alpha value is -1.89. The monoisotopic (exact) mass is 305 g/mol. The number of thiophene rings is 1. The average molecular weight is 305 g/mol. The third-order valence-electron chi connectivity index (χ3n) is 3.75. The average Bonchev–Trinajstić information content (AvgIpc) is 3.24. The highest BCUT2D eigenvalue weighted by molar-refractivity contribution is 7.07. The molecular weight excluding hydrogens is 286 g/mol. The molecule has 0 unspecified atom stereocenters. The van der Waals surface area contributed by atoms with Gasteiger partial charge in [-0.15, -0.1) is 0 Å². The van der Waals surface area contributed by atoms with Crippen molar-refractivity contribution in [2.24, 2.45) is 0 Å². The predicted molar refractivity (Wildman–Crippen MR) is 81.0 cm³/mol. The number of carbonyl (C=O) groups excluding carboxylic acids is 1. The summed E-state index contributed by atoms with van der Waals surface area (Å²) >= 11 is 1.69. The van der Waals surface area contributed by atoms with Gasteiger partial charge < -0.3 is 10.2 Å². The van der Waals surface area contributed by atoms with Crippen LogP contribution in [0, 0.1) is 0 Å². The van der Waals surface area contributed by atoms with Gasteiger partial charge in [0, 0.05) is 19.6 Å². The van der Waals surface area contributed by atoms with Crippen molar-refractivity contribution in [2.45, 2.75) is 31.8 Å². The zero-order valence-corrected chi connectivity index (χ0v) is 12.6. The molecule has 1 N–H and O–H groups in total. The lowest BCUT2D eigenvalue weighted by Crippen LogP contribution is -2.40. The molecule has 0 saturated carbocycles. The number of amides is 2. The third-order valence-corrected chi connectivity index (χ3v) is 4.45. The molecule has 2 aromatic rings. The number of nitrogens with zero attached hydrogens (tertiary/aromatic N) is 4. The fourth-order valence-corrected chi connectivity index (χ4v) is 3.41. The van der Waals surface area contributed by atoms with Crippen LogP contribution in [-0.4, -0.2) is 38.8 Å². The van der Waals surface area contributed by atoms with Gasteiger partial charge in [-0.25, -0.2) is 9.78 Å². The summed E-state index contributed by atoms with van der Waals surface area (Å²) < 4.78 is 1.77. The van der Waals surface area contributed by atoms with E-state index >= 15 is 0 Å². The molecule has 0 aromatic carbocycles. The molecule has 1 saturated heterocycles. The minimum atomic E-state index is 0.0438. The summed E-state index contributed by atoms with van der Waals surface area (Å²) in [4.78, 5) is 18.1. The van der Waals surface area contributed by atoms with Gasteiger partial charge in [-0.3, -0.25) is 4.68 Å². The summed E-state index contributed by atoms with van der Waals surface area (Å²) in [5.74, 6) is 0. The largest absolute Gasteiger partial charge is 0.338 e. The molecule has 1 aliphatic rings. The van der Waals surface area contributed by atoms with Crippen molar-refractivity contribution < 1.29 is 4.79 Å². The molecule has 2 amide bonds. The van der Waals surface area contributed by atoms with Gasteiger partial charge in [0.15, 0.2) is 0 Å². The lowest BCUT2D eigenvalue weighted by molar-refractivity contribution is 0.193. The third kappa shape index (κ3) is 3.41. The Balaban J connectivity index is 1.46. The number of aromatic nitrogens is 3. The molecule has 1 aliphatic heterocycles. The molecule has 7 heteroatoms. The van der Waals surface area contributed by atoms with E-state index in [1.54, 1.807) is 22.3 Å². The molecule has 2 aromatic heterocycles. The maximum Gasteiger partial charge on any atom is 0.317 e. The van der Waals surface area contributed by atoms with E-state index in [-0.39, 0.29) is 12.1 Å². The molecule has 112 valence electrons. The van der Waals surface area contributed by atoms with Gasteiger partial charge in [0.2, 0.25) is 0 Å². The van der Waals surface area contributed by atoms with Crippen LogP contribution in [0.3, 0.4) is 0 Å². The van der Waals surface area contributed by atoms with E-state index in [9.17, 15) is 4.79 Å². The van der Waals surface area contributed by atoms with Gasteiger partial charge in [0.05, 0.1) is 6.04 Å². The van der Waals surface area contributed by atoms with Crippen LogP contribution in [0.15, 0.2) is 29.5 Å². The van der Waals surface area contributed by atoms with Crippen LogP contribution in [0.1, 0.15) is 30.9 Å². The van der Waals surface area contributed by atoms with E-state index in [0.29, 0.717) is 6.54 Å². The highest BCUT2D eigenvalue weighted by atomic mass is 32.1. The van der Waals surface area contributed by atoms with Gasteiger partial charge in [0.1, 0.15) is 12.7 Å². The number of hydrogen-bond donors (Lipinski definition) is 1. The zero-order valence-electron chi connectivity index (χ0n) is 11.8. The van der Waals surface area contributed by atoms with Crippen LogP contribution in [0.5, 0.6) is 0 Å². The number of likely N-dealkylation sites (tertiary alicyclic amines) is 1. The van der Waals surface area contributed by atoms with Crippen molar-refractivity contribution in [1.82, 2.24) is 25.0 Å². The molecule has 3 heterocycles. The fourth-order valence-electron chi connectivity index (χ4n) is 2.71. The molecule has 6 nitrogen and oxygen atoms in total. The Morgan fingerprint density at radius 1 is 1.52 bits per heavy atom. The highest BCUT2D eigenvalue weighted by Gasteiger charge is 2.29. The first-order chi connectivity index (χ1) is 10.3.